The molecule has 0 aliphatic carbocycles. The highest BCUT2D eigenvalue weighted by molar-refractivity contribution is 5.80. The summed E-state index contributed by atoms with van der Waals surface area (Å²) in [4.78, 5) is 26.0. The number of aromatic nitrogens is 7. The molecular weight excluding hydrogens is 480 g/mol. The Bertz CT molecular complexity index is 1520. The van der Waals surface area contributed by atoms with Crippen LogP contribution >= 0.6 is 0 Å². The Morgan fingerprint density at radius 3 is 2.66 bits per heavy atom. The molecule has 0 fully saturated rings. The van der Waals surface area contributed by atoms with Crippen LogP contribution < -0.4 is 11.0 Å². The maximum atomic E-state index is 14.1. The summed E-state index contributed by atoms with van der Waals surface area (Å²) in [5, 5.41) is 17.4. The SMILES string of the molecule is CCCCc1cn(-c2c(C=O)ccn2C(C)C)c(=O)n1CC1(c2cccc(-c3nnn[nH]3)c2)C=CNC=C1. The van der Waals surface area contributed by atoms with Crippen LogP contribution in [0.2, 0.25) is 0 Å². The van der Waals surface area contributed by atoms with E-state index in [9.17, 15) is 9.59 Å². The number of nitrogens with zero attached hydrogens (tertiary/aromatic N) is 6. The molecular formula is C28H32N8O2. The number of hydrogen-bond donors (Lipinski definition) is 2. The molecule has 0 radical (unpaired) electrons. The average Bonchev–Trinajstić information content (AvgIpc) is 3.68. The number of nitrogens with one attached hydrogen (secondary N) is 2. The van der Waals surface area contributed by atoms with Crippen molar-refractivity contribution in [3.8, 4) is 17.2 Å². The van der Waals surface area contributed by atoms with Gasteiger partial charge in [0, 0.05) is 36.2 Å². The molecule has 4 heterocycles. The number of aryl methyl sites for hydroxylation is 1. The van der Waals surface area contributed by atoms with Crippen molar-refractivity contribution in [3.63, 3.8) is 0 Å². The maximum absolute atomic E-state index is 14.1. The summed E-state index contributed by atoms with van der Waals surface area (Å²) in [6, 6.07) is 9.87. The maximum Gasteiger partial charge on any atom is 0.334 e. The van der Waals surface area contributed by atoms with E-state index in [1.807, 2.05) is 66.0 Å². The van der Waals surface area contributed by atoms with E-state index >= 15 is 0 Å². The second-order valence-corrected chi connectivity index (χ2v) is 9.88. The molecule has 1 aliphatic rings. The van der Waals surface area contributed by atoms with E-state index in [1.165, 1.54) is 0 Å². The quantitative estimate of drug-likeness (QED) is 0.311. The van der Waals surface area contributed by atoms with E-state index in [0.29, 0.717) is 23.8 Å². The molecule has 2 N–H and O–H groups in total. The van der Waals surface area contributed by atoms with Gasteiger partial charge in [-0.25, -0.2) is 9.89 Å². The Labute approximate surface area is 220 Å². The van der Waals surface area contributed by atoms with E-state index in [2.05, 4.69) is 51.1 Å². The minimum Gasteiger partial charge on any atom is -0.368 e. The molecule has 0 saturated heterocycles. The zero-order valence-electron chi connectivity index (χ0n) is 21.8. The number of aldehydes is 1. The predicted octanol–water partition coefficient (Wildman–Crippen LogP) is 3.93. The molecule has 3 aromatic heterocycles. The standard InChI is InChI=1S/C28H32N8O2/c1-4-5-9-24-17-35(26-22(18-37)10-15-34(26)20(2)3)27(38)36(24)19-28(11-13-29-14-12-28)23-8-6-7-21(16-23)25-30-32-33-31-25/h6-8,10-18,20,29H,4-5,9,19H2,1-3H3,(H,30,31,32,33). The van der Waals surface area contributed by atoms with Crippen LogP contribution in [0.15, 0.2) is 72.1 Å². The first-order chi connectivity index (χ1) is 18.5. The fourth-order valence-electron chi connectivity index (χ4n) is 5.03. The molecule has 0 amide bonds. The Balaban J connectivity index is 1.65. The van der Waals surface area contributed by atoms with Crippen LogP contribution in [-0.4, -0.2) is 40.6 Å². The van der Waals surface area contributed by atoms with Crippen molar-refractivity contribution in [3.05, 3.63) is 94.6 Å². The third-order valence-electron chi connectivity index (χ3n) is 7.07. The van der Waals surface area contributed by atoms with E-state index in [1.54, 1.807) is 10.6 Å². The topological polar surface area (TPSA) is 115 Å². The molecule has 5 rings (SSSR count). The monoisotopic (exact) mass is 512 g/mol. The summed E-state index contributed by atoms with van der Waals surface area (Å²) in [5.74, 6) is 1.17. The molecule has 38 heavy (non-hydrogen) atoms. The summed E-state index contributed by atoms with van der Waals surface area (Å²) in [7, 11) is 0. The zero-order chi connectivity index (χ0) is 26.7. The third kappa shape index (κ3) is 4.53. The van der Waals surface area contributed by atoms with Crippen molar-refractivity contribution in [2.24, 2.45) is 0 Å². The third-order valence-corrected chi connectivity index (χ3v) is 7.07. The molecule has 1 aliphatic heterocycles. The van der Waals surface area contributed by atoms with Gasteiger partial charge in [0.1, 0.15) is 5.82 Å². The Kier molecular flexibility index (Phi) is 6.95. The lowest BCUT2D eigenvalue weighted by molar-refractivity contribution is 0.112. The van der Waals surface area contributed by atoms with Gasteiger partial charge >= 0.3 is 5.69 Å². The predicted molar refractivity (Wildman–Crippen MR) is 145 cm³/mol. The summed E-state index contributed by atoms with van der Waals surface area (Å²) >= 11 is 0. The Hall–Kier alpha value is -4.47. The lowest BCUT2D eigenvalue weighted by Crippen LogP contribution is -2.36. The molecule has 196 valence electrons. The molecule has 0 saturated carbocycles. The van der Waals surface area contributed by atoms with E-state index < -0.39 is 5.41 Å². The number of allylic oxidation sites excluding steroid dienone is 2. The van der Waals surface area contributed by atoms with Crippen LogP contribution in [-0.2, 0) is 18.4 Å². The molecule has 0 atom stereocenters. The highest BCUT2D eigenvalue weighted by Crippen LogP contribution is 2.34. The molecule has 1 aromatic carbocycles. The van der Waals surface area contributed by atoms with Crippen LogP contribution in [0, 0.1) is 0 Å². The van der Waals surface area contributed by atoms with Crippen molar-refractivity contribution in [1.29, 1.82) is 0 Å². The van der Waals surface area contributed by atoms with Gasteiger partial charge in [-0.1, -0.05) is 43.7 Å². The van der Waals surface area contributed by atoms with Crippen LogP contribution in [0.1, 0.15) is 61.3 Å². The fraction of sp³-hybridized carbons (Fsp3) is 0.321. The molecule has 0 unspecified atom stereocenters. The van der Waals surface area contributed by atoms with Crippen molar-refractivity contribution in [1.82, 2.24) is 39.6 Å². The molecule has 0 bridgehead atoms. The second-order valence-electron chi connectivity index (χ2n) is 9.88. The number of hydrogen-bond acceptors (Lipinski definition) is 6. The number of dihydropyridines is 1. The molecule has 0 spiro atoms. The van der Waals surface area contributed by atoms with Crippen molar-refractivity contribution >= 4 is 6.29 Å². The van der Waals surface area contributed by atoms with Gasteiger partial charge in [-0.15, -0.1) is 5.10 Å². The number of aromatic amines is 1. The molecule has 10 heteroatoms. The number of rotatable bonds is 10. The van der Waals surface area contributed by atoms with Crippen molar-refractivity contribution in [2.75, 3.05) is 0 Å². The van der Waals surface area contributed by atoms with Crippen LogP contribution in [0.4, 0.5) is 0 Å². The number of imidazole rings is 1. The lowest BCUT2D eigenvalue weighted by Gasteiger charge is -2.31. The number of carbonyl (C=O) groups excluding carboxylic acids is 1. The van der Waals surface area contributed by atoms with E-state index in [4.69, 9.17) is 0 Å². The van der Waals surface area contributed by atoms with Gasteiger partial charge in [0.15, 0.2) is 12.1 Å². The van der Waals surface area contributed by atoms with Crippen molar-refractivity contribution in [2.45, 2.75) is 58.0 Å². The summed E-state index contributed by atoms with van der Waals surface area (Å²) < 4.78 is 5.45. The van der Waals surface area contributed by atoms with Gasteiger partial charge in [-0.3, -0.25) is 13.9 Å². The molecule has 4 aromatic rings. The average molecular weight is 513 g/mol. The van der Waals surface area contributed by atoms with Crippen LogP contribution in [0.5, 0.6) is 0 Å². The number of tetrazole rings is 1. The summed E-state index contributed by atoms with van der Waals surface area (Å²) in [6.07, 6.45) is 15.2. The highest BCUT2D eigenvalue weighted by atomic mass is 16.2. The minimum atomic E-state index is -0.598. The van der Waals surface area contributed by atoms with Gasteiger partial charge in [0.25, 0.3) is 0 Å². The first kappa shape index (κ1) is 25.2. The first-order valence-electron chi connectivity index (χ1n) is 12.9. The highest BCUT2D eigenvalue weighted by Gasteiger charge is 2.32. The Morgan fingerprint density at radius 2 is 1.97 bits per heavy atom. The van der Waals surface area contributed by atoms with E-state index in [0.717, 1.165) is 42.4 Å². The summed E-state index contributed by atoms with van der Waals surface area (Å²) in [6.45, 7) is 6.60. The lowest BCUT2D eigenvalue weighted by atomic mass is 9.78. The fourth-order valence-corrected chi connectivity index (χ4v) is 5.03. The van der Waals surface area contributed by atoms with Gasteiger partial charge in [-0.05, 0) is 67.2 Å². The largest absolute Gasteiger partial charge is 0.368 e. The van der Waals surface area contributed by atoms with Crippen molar-refractivity contribution < 1.29 is 4.79 Å². The normalized spacial score (nSPS) is 14.2. The smallest absolute Gasteiger partial charge is 0.334 e. The molecule has 10 nitrogen and oxygen atoms in total. The van der Waals surface area contributed by atoms with Crippen LogP contribution in [0.25, 0.3) is 17.2 Å². The minimum absolute atomic E-state index is 0.0861. The second kappa shape index (κ2) is 10.5. The number of unbranched alkanes of at least 4 members (excludes halogenated alkanes) is 1. The van der Waals surface area contributed by atoms with Crippen LogP contribution in [0.3, 0.4) is 0 Å². The zero-order valence-corrected chi connectivity index (χ0v) is 21.8. The van der Waals surface area contributed by atoms with Gasteiger partial charge in [0.2, 0.25) is 0 Å². The number of H-pyrrole nitrogens is 1. The first-order valence-corrected chi connectivity index (χ1v) is 12.9. The summed E-state index contributed by atoms with van der Waals surface area (Å²) in [5.41, 5.74) is 2.51. The van der Waals surface area contributed by atoms with E-state index in [-0.39, 0.29) is 11.7 Å². The van der Waals surface area contributed by atoms with Gasteiger partial charge in [-0.2, -0.15) is 0 Å². The van der Waals surface area contributed by atoms with Gasteiger partial charge < -0.3 is 9.88 Å². The Morgan fingerprint density at radius 1 is 1.16 bits per heavy atom. The number of carbonyl (C=O) groups is 1. The van der Waals surface area contributed by atoms with Gasteiger partial charge in [0.05, 0.1) is 11.0 Å². The number of benzene rings is 1.